The van der Waals surface area contributed by atoms with Crippen LogP contribution in [0.5, 0.6) is 0 Å². The predicted octanol–water partition coefficient (Wildman–Crippen LogP) is 2.09. The fraction of sp³-hybridized carbons (Fsp3) is 0.294. The van der Waals surface area contributed by atoms with Gasteiger partial charge in [-0.1, -0.05) is 11.2 Å². The van der Waals surface area contributed by atoms with Crippen LogP contribution in [0.1, 0.15) is 33.5 Å². The van der Waals surface area contributed by atoms with Crippen molar-refractivity contribution in [2.75, 3.05) is 13.6 Å². The molecular weight excluding hydrogens is 344 g/mol. The van der Waals surface area contributed by atoms with Crippen molar-refractivity contribution >= 4 is 24.2 Å². The molecule has 7 nitrogen and oxygen atoms in total. The number of carbonyl (C=O) groups is 2. The molecule has 2 heterocycles. The monoisotopic (exact) mass is 362 g/mol. The number of rotatable bonds is 6. The highest BCUT2D eigenvalue weighted by molar-refractivity contribution is 6.21. The van der Waals surface area contributed by atoms with E-state index < -0.39 is 0 Å². The van der Waals surface area contributed by atoms with Crippen molar-refractivity contribution in [2.24, 2.45) is 0 Å². The Morgan fingerprint density at radius 1 is 1.32 bits per heavy atom. The molecule has 0 fully saturated rings. The second-order valence-electron chi connectivity index (χ2n) is 5.68. The molecule has 1 aromatic heterocycles. The molecule has 0 saturated heterocycles. The Balaban J connectivity index is 0.00000225. The zero-order valence-corrected chi connectivity index (χ0v) is 14.8. The summed E-state index contributed by atoms with van der Waals surface area (Å²) in [6.45, 7) is 5.78. The molecule has 8 heteroatoms. The molecule has 1 aliphatic rings. The fourth-order valence-electron chi connectivity index (χ4n) is 2.55. The van der Waals surface area contributed by atoms with Crippen LogP contribution in [0.25, 0.3) is 11.5 Å². The third-order valence-electron chi connectivity index (χ3n) is 3.98. The van der Waals surface area contributed by atoms with Crippen molar-refractivity contribution in [2.45, 2.75) is 19.4 Å². The number of halogens is 1. The standard InChI is InChI=1S/C17H18N4O3.ClH/c1-4-7-21-16(22)12-6-5-11(9-13(12)17(21)23)15-19-14(20-24-15)8-10(2)18-3;/h4-6,9-10,18H,1,7-8H2,2-3H3;1H. The topological polar surface area (TPSA) is 88.3 Å². The second-order valence-corrected chi connectivity index (χ2v) is 5.68. The Kier molecular flexibility index (Phi) is 5.71. The van der Waals surface area contributed by atoms with E-state index in [1.165, 1.54) is 6.08 Å². The Bertz CT molecular complexity index is 818. The Hall–Kier alpha value is -2.51. The van der Waals surface area contributed by atoms with E-state index in [0.717, 1.165) is 4.90 Å². The second kappa shape index (κ2) is 7.58. The maximum atomic E-state index is 12.4. The Labute approximate surface area is 151 Å². The zero-order chi connectivity index (χ0) is 17.3. The molecule has 0 spiro atoms. The van der Waals surface area contributed by atoms with Gasteiger partial charge in [0.25, 0.3) is 17.7 Å². The van der Waals surface area contributed by atoms with Gasteiger partial charge in [-0.05, 0) is 32.2 Å². The van der Waals surface area contributed by atoms with E-state index in [0.29, 0.717) is 34.8 Å². The third kappa shape index (κ3) is 3.47. The summed E-state index contributed by atoms with van der Waals surface area (Å²) in [7, 11) is 1.86. The molecule has 0 aliphatic carbocycles. The summed E-state index contributed by atoms with van der Waals surface area (Å²) >= 11 is 0. The summed E-state index contributed by atoms with van der Waals surface area (Å²) in [5.74, 6) is 0.275. The number of nitrogens with one attached hydrogen (secondary N) is 1. The number of carbonyl (C=O) groups excluding carboxylic acids is 2. The molecule has 1 atom stereocenters. The smallest absolute Gasteiger partial charge is 0.261 e. The van der Waals surface area contributed by atoms with Gasteiger partial charge in [0.1, 0.15) is 0 Å². The lowest BCUT2D eigenvalue weighted by atomic mass is 10.1. The summed E-state index contributed by atoms with van der Waals surface area (Å²) in [5.41, 5.74) is 1.35. The molecule has 0 saturated carbocycles. The Morgan fingerprint density at radius 3 is 2.72 bits per heavy atom. The first-order valence-corrected chi connectivity index (χ1v) is 7.66. The fourth-order valence-corrected chi connectivity index (χ4v) is 2.55. The number of hydrogen-bond donors (Lipinski definition) is 1. The van der Waals surface area contributed by atoms with E-state index in [2.05, 4.69) is 22.0 Å². The van der Waals surface area contributed by atoms with Crippen LogP contribution in [0, 0.1) is 0 Å². The van der Waals surface area contributed by atoms with Crippen LogP contribution in [0.2, 0.25) is 0 Å². The lowest BCUT2D eigenvalue weighted by molar-refractivity contribution is 0.0672. The van der Waals surface area contributed by atoms with Crippen molar-refractivity contribution in [1.29, 1.82) is 0 Å². The number of fused-ring (bicyclic) bond motifs is 1. The van der Waals surface area contributed by atoms with Gasteiger partial charge in [-0.15, -0.1) is 19.0 Å². The molecule has 0 bridgehead atoms. The average Bonchev–Trinajstić information content (AvgIpc) is 3.14. The first-order valence-electron chi connectivity index (χ1n) is 7.66. The minimum absolute atomic E-state index is 0. The normalized spacial score (nSPS) is 14.2. The van der Waals surface area contributed by atoms with Crippen LogP contribution in [-0.4, -0.2) is 46.5 Å². The van der Waals surface area contributed by atoms with Crippen LogP contribution < -0.4 is 5.32 Å². The van der Waals surface area contributed by atoms with Gasteiger partial charge in [-0.2, -0.15) is 4.98 Å². The number of nitrogens with zero attached hydrogens (tertiary/aromatic N) is 3. The number of likely N-dealkylation sites (N-methyl/N-ethyl adjacent to an activating group) is 1. The minimum Gasteiger partial charge on any atom is -0.334 e. The van der Waals surface area contributed by atoms with Gasteiger partial charge in [-0.3, -0.25) is 14.5 Å². The largest absolute Gasteiger partial charge is 0.334 e. The lowest BCUT2D eigenvalue weighted by Gasteiger charge is -2.09. The molecule has 25 heavy (non-hydrogen) atoms. The molecule has 132 valence electrons. The maximum absolute atomic E-state index is 12.4. The van der Waals surface area contributed by atoms with Crippen molar-refractivity contribution in [3.05, 3.63) is 47.8 Å². The van der Waals surface area contributed by atoms with Gasteiger partial charge < -0.3 is 9.84 Å². The Morgan fingerprint density at radius 2 is 2.04 bits per heavy atom. The zero-order valence-electron chi connectivity index (χ0n) is 14.0. The molecule has 1 aromatic carbocycles. The number of imide groups is 1. The number of aromatic nitrogens is 2. The van der Waals surface area contributed by atoms with Gasteiger partial charge in [0.15, 0.2) is 5.82 Å². The van der Waals surface area contributed by atoms with Crippen molar-refractivity contribution < 1.29 is 14.1 Å². The summed E-state index contributed by atoms with van der Waals surface area (Å²) in [4.78, 5) is 30.1. The third-order valence-corrected chi connectivity index (χ3v) is 3.98. The van der Waals surface area contributed by atoms with Gasteiger partial charge in [-0.25, -0.2) is 0 Å². The summed E-state index contributed by atoms with van der Waals surface area (Å²) in [6.07, 6.45) is 2.16. The molecule has 1 aliphatic heterocycles. The molecule has 3 rings (SSSR count). The molecule has 2 aromatic rings. The summed E-state index contributed by atoms with van der Waals surface area (Å²) < 4.78 is 5.28. The van der Waals surface area contributed by atoms with Crippen LogP contribution in [0.3, 0.4) is 0 Å². The van der Waals surface area contributed by atoms with Gasteiger partial charge in [0.2, 0.25) is 0 Å². The molecule has 0 radical (unpaired) electrons. The van der Waals surface area contributed by atoms with Crippen LogP contribution in [-0.2, 0) is 6.42 Å². The molecule has 1 N–H and O–H groups in total. The quantitative estimate of drug-likeness (QED) is 0.625. The maximum Gasteiger partial charge on any atom is 0.261 e. The van der Waals surface area contributed by atoms with Gasteiger partial charge >= 0.3 is 0 Å². The van der Waals surface area contributed by atoms with Crippen molar-refractivity contribution in [3.8, 4) is 11.5 Å². The van der Waals surface area contributed by atoms with E-state index >= 15 is 0 Å². The first-order chi connectivity index (χ1) is 11.5. The predicted molar refractivity (Wildman–Crippen MR) is 94.8 cm³/mol. The lowest BCUT2D eigenvalue weighted by Crippen LogP contribution is -2.29. The number of hydrogen-bond acceptors (Lipinski definition) is 6. The van der Waals surface area contributed by atoms with Crippen LogP contribution in [0.15, 0.2) is 35.4 Å². The highest BCUT2D eigenvalue weighted by atomic mass is 35.5. The van der Waals surface area contributed by atoms with E-state index in [-0.39, 0.29) is 36.8 Å². The van der Waals surface area contributed by atoms with E-state index in [9.17, 15) is 9.59 Å². The number of benzene rings is 1. The van der Waals surface area contributed by atoms with Crippen LogP contribution in [0.4, 0.5) is 0 Å². The van der Waals surface area contributed by atoms with E-state index in [4.69, 9.17) is 4.52 Å². The first kappa shape index (κ1) is 18.8. The summed E-state index contributed by atoms with van der Waals surface area (Å²) in [6, 6.07) is 5.17. The van der Waals surface area contributed by atoms with E-state index in [1.807, 2.05) is 14.0 Å². The molecule has 1 unspecified atom stereocenters. The van der Waals surface area contributed by atoms with E-state index in [1.54, 1.807) is 18.2 Å². The summed E-state index contributed by atoms with van der Waals surface area (Å²) in [5, 5.41) is 7.06. The highest BCUT2D eigenvalue weighted by Gasteiger charge is 2.35. The van der Waals surface area contributed by atoms with Crippen LogP contribution >= 0.6 is 12.4 Å². The minimum atomic E-state index is -0.333. The molecular formula is C17H19ClN4O3. The van der Waals surface area contributed by atoms with Crippen molar-refractivity contribution in [1.82, 2.24) is 20.4 Å². The SMILES string of the molecule is C=CCN1C(=O)c2ccc(-c3nc(CC(C)NC)no3)cc2C1=O.Cl. The van der Waals surface area contributed by atoms with Gasteiger partial charge in [0, 0.05) is 24.6 Å². The molecule has 2 amide bonds. The highest BCUT2D eigenvalue weighted by Crippen LogP contribution is 2.28. The van der Waals surface area contributed by atoms with Crippen molar-refractivity contribution in [3.63, 3.8) is 0 Å². The average molecular weight is 363 g/mol. The van der Waals surface area contributed by atoms with Gasteiger partial charge in [0.05, 0.1) is 11.1 Å². The number of amides is 2.